The second kappa shape index (κ2) is 37.5. The van der Waals surface area contributed by atoms with E-state index in [0.717, 1.165) is 143 Å². The summed E-state index contributed by atoms with van der Waals surface area (Å²) < 4.78 is 76.1. The number of nitrogen functional groups attached to an aromatic ring is 4. The van der Waals surface area contributed by atoms with Gasteiger partial charge in [-0.2, -0.15) is 0 Å². The number of methoxy groups -OCH3 is 4. The molecular weight excluding hydrogens is 1660 g/mol. The van der Waals surface area contributed by atoms with Gasteiger partial charge in [-0.3, -0.25) is 21.8 Å². The third-order valence-corrected chi connectivity index (χ3v) is 33.1. The van der Waals surface area contributed by atoms with E-state index in [1.54, 1.807) is 69.7 Å². The normalized spacial score (nSPS) is 13.8. The highest BCUT2D eigenvalue weighted by Crippen LogP contribution is 2.49. The zero-order valence-corrected chi connectivity index (χ0v) is 71.8. The molecule has 0 spiro atoms. The van der Waals surface area contributed by atoms with Gasteiger partial charge in [0.1, 0.15) is 63.4 Å². The molecule has 2 aliphatic rings. The molecule has 0 saturated heterocycles. The fraction of sp³-hybridized carbons (Fsp3) is 0.256. The van der Waals surface area contributed by atoms with Gasteiger partial charge in [-0.05, 0) is 90.4 Å². The Balaban J connectivity index is 0.000000125. The zero-order valence-electron chi connectivity index (χ0n) is 62.0. The molecule has 1 aliphatic carbocycles. The number of pyridine rings is 3. The summed E-state index contributed by atoms with van der Waals surface area (Å²) in [6, 6.07) is 30.2. The molecule has 35 heteroatoms. The molecule has 0 bridgehead atoms. The number of thiazole rings is 3. The van der Waals surface area contributed by atoms with E-state index in [4.69, 9.17) is 61.8 Å². The van der Waals surface area contributed by atoms with Crippen LogP contribution in [-0.2, 0) is 69.2 Å². The molecule has 17 rings (SSSR count). The minimum absolute atomic E-state index is 0.390. The number of aromatic nitrogens is 10. The van der Waals surface area contributed by atoms with Crippen LogP contribution in [0, 0.1) is 12.8 Å². The van der Waals surface area contributed by atoms with Crippen LogP contribution in [0.15, 0.2) is 165 Å². The summed E-state index contributed by atoms with van der Waals surface area (Å²) in [5, 5.41) is 13.6. The number of aliphatic imine (C=N–C) groups is 1. The largest absolute Gasteiger partial charge is 0.396 e. The Hall–Kier alpha value is -8.34. The topological polar surface area (TPSA) is 343 Å². The van der Waals surface area contributed by atoms with Gasteiger partial charge in [0.15, 0.2) is 10.8 Å². The van der Waals surface area contributed by atoms with E-state index in [-0.39, 0.29) is 0 Å². The lowest BCUT2D eigenvalue weighted by Gasteiger charge is -2.08. The van der Waals surface area contributed by atoms with E-state index >= 15 is 0 Å². The highest BCUT2D eigenvalue weighted by molar-refractivity contribution is 7.88. The average Bonchev–Trinajstić information content (AvgIpc) is 1.73. The number of rotatable bonds is 27. The van der Waals surface area contributed by atoms with E-state index in [0.29, 0.717) is 106 Å². The second-order valence-electron chi connectivity index (χ2n) is 25.6. The molecule has 1 fully saturated rings. The molecule has 113 heavy (non-hydrogen) atoms. The predicted molar refractivity (Wildman–Crippen MR) is 473 cm³/mol. The maximum absolute atomic E-state index is 12.9. The average molecular weight is 1740 g/mol. The van der Waals surface area contributed by atoms with E-state index in [2.05, 4.69) is 60.2 Å². The Labute approximate surface area is 693 Å². The van der Waals surface area contributed by atoms with Crippen LogP contribution >= 0.6 is 90.7 Å². The lowest BCUT2D eigenvalue weighted by Crippen LogP contribution is -2.04. The molecular formula is C78H77N15O8S12. The van der Waals surface area contributed by atoms with Crippen molar-refractivity contribution < 1.29 is 35.8 Å². The third kappa shape index (κ3) is 18.2. The fourth-order valence-electron chi connectivity index (χ4n) is 12.4. The van der Waals surface area contributed by atoms with Crippen LogP contribution in [0.4, 0.5) is 22.7 Å². The number of aryl methyl sites for hydroxylation is 1. The maximum atomic E-state index is 12.9. The molecule has 8 N–H and O–H groups in total. The van der Waals surface area contributed by atoms with Crippen LogP contribution in [0.1, 0.15) is 43.5 Å². The van der Waals surface area contributed by atoms with Crippen LogP contribution in [0.5, 0.6) is 0 Å². The quantitative estimate of drug-likeness (QED) is 0.0347. The van der Waals surface area contributed by atoms with Crippen molar-refractivity contribution in [2.75, 3.05) is 101 Å². The highest BCUT2D eigenvalue weighted by atomic mass is 32.2. The summed E-state index contributed by atoms with van der Waals surface area (Å²) in [5.41, 5.74) is 39.7. The number of nitrogens with two attached hydrogens (primary N) is 4. The van der Waals surface area contributed by atoms with Crippen molar-refractivity contribution in [2.24, 2.45) is 18.0 Å². The lowest BCUT2D eigenvalue weighted by molar-refractivity contribution is 0.200. The Kier molecular flexibility index (Phi) is 27.0. The first-order valence-corrected chi connectivity index (χ1v) is 47.5. The minimum Gasteiger partial charge on any atom is -0.396 e. The number of nitrogens with zero attached hydrogens (tertiary/aromatic N) is 11. The van der Waals surface area contributed by atoms with Crippen LogP contribution in [0.25, 0.3) is 123 Å². The van der Waals surface area contributed by atoms with Crippen LogP contribution in [0.2, 0.25) is 0 Å². The van der Waals surface area contributed by atoms with Crippen molar-refractivity contribution in [3.05, 3.63) is 155 Å². The molecule has 4 atom stereocenters. The summed E-state index contributed by atoms with van der Waals surface area (Å²) in [5.74, 6) is 3.92. The van der Waals surface area contributed by atoms with Crippen molar-refractivity contribution in [3.8, 4) is 76.4 Å². The predicted octanol–water partition coefficient (Wildman–Crippen LogP) is 17.4. The van der Waals surface area contributed by atoms with Gasteiger partial charge >= 0.3 is 0 Å². The Bertz CT molecular complexity index is 6000. The Morgan fingerprint density at radius 2 is 0.938 bits per heavy atom. The van der Waals surface area contributed by atoms with Gasteiger partial charge < -0.3 is 46.4 Å². The standard InChI is InChI=1S/C21H22N4O2S3.C21H20N2O2S3.C18H19N5O2S3.C18H16N4O2S3/c1-27-6-2-8-30(26)21-18(22)17-14(13-9-15(24-11-13)12-3-4-12)10-16(25-20(17)29-21)19-23-5-7-28-19;1-25-10-6-12-28(24)21-19(22)18-15(14-7-3-2-4-8-14)13-16(23-20(18)27-21)17-9-5-11-26-17;1-10-21-9-13(23(10)2)11-8-12(16-20-4-6-26-16)22-17-14(11)15(19)18(27-17)28(24)7-5-25-3;1-24-8-10-27(23)18-13(19)12-14(11-5-3-2-4-6-11)21-15(22-16(12)26-18)17-20-7-9-25-17/h5,7,10-12H,2-4,6,8-9,22H2,1H3;2-5,7-9,11,13H,6,10,12,22H2,1H3;4,6,8-9H,5,7,19H2,1-3H3;2-7,9H,8,10,19H2,1H3. The van der Waals surface area contributed by atoms with Crippen LogP contribution in [-0.4, -0.2) is 150 Å². The van der Waals surface area contributed by atoms with Gasteiger partial charge in [0.2, 0.25) is 0 Å². The molecule has 0 amide bonds. The monoisotopic (exact) mass is 1740 g/mol. The molecule has 1 aliphatic heterocycles. The van der Waals surface area contributed by atoms with Gasteiger partial charge in [0, 0.05) is 141 Å². The zero-order chi connectivity index (χ0) is 78.8. The summed E-state index contributed by atoms with van der Waals surface area (Å²) in [7, 11) is 3.63. The second-order valence-corrected chi connectivity index (χ2v) is 40.3. The number of fused-ring (bicyclic) bond motifs is 4. The lowest BCUT2D eigenvalue weighted by atomic mass is 9.98. The summed E-state index contributed by atoms with van der Waals surface area (Å²) >= 11 is 11.8. The van der Waals surface area contributed by atoms with Crippen molar-refractivity contribution in [3.63, 3.8) is 0 Å². The van der Waals surface area contributed by atoms with Crippen molar-refractivity contribution in [2.45, 2.75) is 55.9 Å². The maximum Gasteiger partial charge on any atom is 0.190 e. The van der Waals surface area contributed by atoms with E-state index in [1.807, 2.05) is 113 Å². The van der Waals surface area contributed by atoms with E-state index in [1.165, 1.54) is 86.6 Å². The molecule has 23 nitrogen and oxygen atoms in total. The number of hydrogen-bond acceptors (Lipinski definition) is 30. The van der Waals surface area contributed by atoms with E-state index in [9.17, 15) is 16.8 Å². The van der Waals surface area contributed by atoms with Gasteiger partial charge in [-0.15, -0.1) is 90.7 Å². The molecule has 1 saturated carbocycles. The molecule has 2 aromatic carbocycles. The van der Waals surface area contributed by atoms with Crippen molar-refractivity contribution >= 4 is 209 Å². The van der Waals surface area contributed by atoms with Gasteiger partial charge in [-0.25, -0.2) is 44.9 Å². The number of hydrogen-bond donors (Lipinski definition) is 4. The Morgan fingerprint density at radius 1 is 0.478 bits per heavy atom. The van der Waals surface area contributed by atoms with Gasteiger partial charge in [0.05, 0.1) is 124 Å². The highest BCUT2D eigenvalue weighted by Gasteiger charge is 2.32. The summed E-state index contributed by atoms with van der Waals surface area (Å²) in [6.45, 7) is 3.94. The summed E-state index contributed by atoms with van der Waals surface area (Å²) in [4.78, 5) is 50.3. The fourth-order valence-corrected chi connectivity index (χ4v) is 25.2. The number of allylic oxidation sites excluding steroid dienone is 1. The van der Waals surface area contributed by atoms with Gasteiger partial charge in [-0.1, -0.05) is 66.7 Å². The SMILES string of the molecule is COCCCS(=O)c1sc2nc(-c3cccs3)cc(-c3ccccc3)c2c1N.COCCCS(=O)c1sc2nc(-c3nccs3)cc(C3=CN=C(C4CC4)C3)c2c1N.COCCS(=O)c1sc2nc(-c3nccs3)cc(-c3cnc(C)n3C)c2c1N.COCCS(=O)c1sc2nc(-c3nccs3)nc(-c3ccccc3)c2c1N. The first kappa shape index (κ1) is 81.2. The smallest absolute Gasteiger partial charge is 0.190 e. The van der Waals surface area contributed by atoms with Crippen LogP contribution < -0.4 is 22.9 Å². The third-order valence-electron chi connectivity index (χ3n) is 18.2. The molecule has 14 heterocycles. The Morgan fingerprint density at radius 3 is 1.42 bits per heavy atom. The minimum atomic E-state index is -1.25. The summed E-state index contributed by atoms with van der Waals surface area (Å²) in [6.07, 6.45) is 13.9. The molecule has 4 unspecified atom stereocenters. The first-order chi connectivity index (χ1) is 55.0. The van der Waals surface area contributed by atoms with Crippen LogP contribution in [0.3, 0.4) is 0 Å². The molecule has 584 valence electrons. The number of benzene rings is 2. The molecule has 0 radical (unpaired) electrons. The van der Waals surface area contributed by atoms with E-state index < -0.39 is 43.2 Å². The molecule has 15 aromatic rings. The first-order valence-electron chi connectivity index (χ1n) is 35.4. The number of anilines is 4. The number of imidazole rings is 1. The number of ether oxygens (including phenoxy) is 4. The van der Waals surface area contributed by atoms with Gasteiger partial charge in [0.25, 0.3) is 0 Å². The molecule has 13 aromatic heterocycles. The van der Waals surface area contributed by atoms with Crippen molar-refractivity contribution in [1.82, 2.24) is 49.4 Å². The number of thiophene rings is 5. The van der Waals surface area contributed by atoms with Crippen molar-refractivity contribution in [1.29, 1.82) is 0 Å².